The molecular weight excluding hydrogens is 390 g/mol. The molecule has 5 heterocycles. The molecule has 0 aromatic carbocycles. The highest BCUT2D eigenvalue weighted by molar-refractivity contribution is 5.02. The summed E-state index contributed by atoms with van der Waals surface area (Å²) in [5, 5.41) is 0. The van der Waals surface area contributed by atoms with E-state index in [-0.39, 0.29) is 0 Å². The van der Waals surface area contributed by atoms with E-state index >= 15 is 0 Å². The SMILES string of the molecule is CC.CC.CC.CN1CCC12COC2.CN1CCC2(CC1)COC2.CN1CCOCC1. The van der Waals surface area contributed by atoms with Crippen LogP contribution in [-0.4, -0.2) is 114 Å². The molecule has 0 amide bonds. The lowest BCUT2D eigenvalue weighted by Crippen LogP contribution is -2.69. The molecule has 5 fully saturated rings. The summed E-state index contributed by atoms with van der Waals surface area (Å²) in [6, 6.07) is 0. The summed E-state index contributed by atoms with van der Waals surface area (Å²) >= 11 is 0. The molecule has 31 heavy (non-hydrogen) atoms. The third-order valence-corrected chi connectivity index (χ3v) is 6.56. The maximum atomic E-state index is 5.23. The molecule has 0 aromatic rings. The molecule has 6 heteroatoms. The summed E-state index contributed by atoms with van der Waals surface area (Å²) in [6.07, 6.45) is 4.05. The molecule has 0 saturated carbocycles. The lowest BCUT2D eigenvalue weighted by molar-refractivity contribution is -0.182. The predicted molar refractivity (Wildman–Crippen MR) is 133 cm³/mol. The fourth-order valence-corrected chi connectivity index (χ4v) is 3.78. The molecule has 0 aromatic heterocycles. The summed E-state index contributed by atoms with van der Waals surface area (Å²) in [5.41, 5.74) is 1.13. The maximum Gasteiger partial charge on any atom is 0.0688 e. The number of rotatable bonds is 0. The van der Waals surface area contributed by atoms with E-state index in [4.69, 9.17) is 14.2 Å². The van der Waals surface area contributed by atoms with Crippen LogP contribution in [0.3, 0.4) is 0 Å². The summed E-state index contributed by atoms with van der Waals surface area (Å²) < 4.78 is 15.4. The Bertz CT molecular complexity index is 393. The summed E-state index contributed by atoms with van der Waals surface area (Å²) in [5.74, 6) is 0. The van der Waals surface area contributed by atoms with Crippen molar-refractivity contribution in [3.8, 4) is 0 Å². The van der Waals surface area contributed by atoms with Gasteiger partial charge in [-0.3, -0.25) is 4.90 Å². The highest BCUT2D eigenvalue weighted by atomic mass is 16.5. The normalized spacial score (nSPS) is 25.5. The van der Waals surface area contributed by atoms with Crippen LogP contribution in [0.1, 0.15) is 60.8 Å². The number of hydrogen-bond donors (Lipinski definition) is 0. The van der Waals surface area contributed by atoms with Crippen molar-refractivity contribution >= 4 is 0 Å². The van der Waals surface area contributed by atoms with E-state index in [1.165, 1.54) is 38.9 Å². The molecule has 0 bridgehead atoms. The monoisotopic (exact) mass is 445 g/mol. The van der Waals surface area contributed by atoms with Crippen molar-refractivity contribution in [2.24, 2.45) is 5.41 Å². The second-order valence-corrected chi connectivity index (χ2v) is 8.60. The Morgan fingerprint density at radius 2 is 0.968 bits per heavy atom. The topological polar surface area (TPSA) is 37.4 Å². The van der Waals surface area contributed by atoms with E-state index in [2.05, 4.69) is 35.8 Å². The third-order valence-electron chi connectivity index (χ3n) is 6.56. The van der Waals surface area contributed by atoms with Crippen molar-refractivity contribution in [1.29, 1.82) is 0 Å². The molecule has 0 unspecified atom stereocenters. The molecule has 5 saturated heterocycles. The minimum Gasteiger partial charge on any atom is -0.380 e. The van der Waals surface area contributed by atoms with Gasteiger partial charge in [0.05, 0.1) is 45.2 Å². The van der Waals surface area contributed by atoms with E-state index in [0.717, 1.165) is 52.7 Å². The number of nitrogens with zero attached hydrogens (tertiary/aromatic N) is 3. The van der Waals surface area contributed by atoms with E-state index in [1.54, 1.807) is 0 Å². The van der Waals surface area contributed by atoms with Gasteiger partial charge < -0.3 is 24.0 Å². The van der Waals surface area contributed by atoms with Gasteiger partial charge in [-0.25, -0.2) is 0 Å². The highest BCUT2D eigenvalue weighted by Crippen LogP contribution is 2.37. The van der Waals surface area contributed by atoms with Crippen molar-refractivity contribution < 1.29 is 14.2 Å². The van der Waals surface area contributed by atoms with Crippen LogP contribution in [0.5, 0.6) is 0 Å². The van der Waals surface area contributed by atoms with Crippen LogP contribution in [0.15, 0.2) is 0 Å². The van der Waals surface area contributed by atoms with Crippen LogP contribution in [0.2, 0.25) is 0 Å². The van der Waals surface area contributed by atoms with Crippen LogP contribution in [0.4, 0.5) is 0 Å². The quantitative estimate of drug-likeness (QED) is 0.564. The Kier molecular flexibility index (Phi) is 17.1. The van der Waals surface area contributed by atoms with Crippen molar-refractivity contribution in [2.45, 2.75) is 66.3 Å². The van der Waals surface area contributed by atoms with Gasteiger partial charge in [-0.2, -0.15) is 0 Å². The van der Waals surface area contributed by atoms with E-state index < -0.39 is 0 Å². The first-order valence-electron chi connectivity index (χ1n) is 12.9. The summed E-state index contributed by atoms with van der Waals surface area (Å²) in [6.45, 7) is 23.8. The van der Waals surface area contributed by atoms with Crippen LogP contribution in [0.25, 0.3) is 0 Å². The number of likely N-dealkylation sites (tertiary alicyclic amines) is 2. The van der Waals surface area contributed by atoms with Crippen LogP contribution in [-0.2, 0) is 14.2 Å². The average molecular weight is 446 g/mol. The van der Waals surface area contributed by atoms with E-state index in [0.29, 0.717) is 11.0 Å². The minimum atomic E-state index is 0.514. The summed E-state index contributed by atoms with van der Waals surface area (Å²) in [7, 11) is 6.49. The van der Waals surface area contributed by atoms with Crippen molar-refractivity contribution in [3.63, 3.8) is 0 Å². The Labute approximate surface area is 194 Å². The number of hydrogen-bond acceptors (Lipinski definition) is 6. The smallest absolute Gasteiger partial charge is 0.0688 e. The van der Waals surface area contributed by atoms with E-state index in [9.17, 15) is 0 Å². The summed E-state index contributed by atoms with van der Waals surface area (Å²) in [4.78, 5) is 7.06. The molecule has 5 aliphatic rings. The standard InChI is InChI=1S/C8H15NO.C6H11NO.C5H11NO.3C2H6/c1-9-4-2-8(3-5-9)6-10-7-8;1-7-3-2-6(7)4-8-5-6;1-6-2-4-7-5-3-6;3*1-2/h2-7H2,1H3;2-5H2,1H3;2-5H2,1H3;3*1-2H3. The molecule has 5 aliphatic heterocycles. The Morgan fingerprint density at radius 3 is 1.16 bits per heavy atom. The van der Waals surface area contributed by atoms with Crippen molar-refractivity contribution in [2.75, 3.05) is 93.5 Å². The fourth-order valence-electron chi connectivity index (χ4n) is 3.78. The zero-order valence-corrected chi connectivity index (χ0v) is 22.5. The van der Waals surface area contributed by atoms with Gasteiger partial charge in [0, 0.05) is 25.0 Å². The van der Waals surface area contributed by atoms with Crippen LogP contribution < -0.4 is 0 Å². The third kappa shape index (κ3) is 10.1. The van der Waals surface area contributed by atoms with Crippen LogP contribution >= 0.6 is 0 Å². The Morgan fingerprint density at radius 1 is 0.516 bits per heavy atom. The first-order chi connectivity index (χ1) is 15.0. The first-order valence-corrected chi connectivity index (χ1v) is 12.9. The predicted octanol–water partition coefficient (Wildman–Crippen LogP) is 3.85. The molecule has 5 rings (SSSR count). The van der Waals surface area contributed by atoms with Gasteiger partial charge >= 0.3 is 0 Å². The largest absolute Gasteiger partial charge is 0.380 e. The van der Waals surface area contributed by atoms with E-state index in [1.807, 2.05) is 41.5 Å². The van der Waals surface area contributed by atoms with Gasteiger partial charge in [0.25, 0.3) is 0 Å². The molecule has 0 aliphatic carbocycles. The van der Waals surface area contributed by atoms with Crippen LogP contribution in [0, 0.1) is 5.41 Å². The Hall–Kier alpha value is -0.240. The number of ether oxygens (including phenoxy) is 3. The van der Waals surface area contributed by atoms with Gasteiger partial charge in [0.2, 0.25) is 0 Å². The highest BCUT2D eigenvalue weighted by Gasteiger charge is 2.48. The number of likely N-dealkylation sites (N-methyl/N-ethyl adjacent to an activating group) is 2. The Balaban J connectivity index is 0.000000393. The van der Waals surface area contributed by atoms with Gasteiger partial charge in [0.1, 0.15) is 0 Å². The molecule has 6 nitrogen and oxygen atoms in total. The lowest BCUT2D eigenvalue weighted by Gasteiger charge is -2.56. The minimum absolute atomic E-state index is 0.514. The second kappa shape index (κ2) is 17.3. The zero-order valence-electron chi connectivity index (χ0n) is 22.5. The van der Waals surface area contributed by atoms with Crippen molar-refractivity contribution in [3.05, 3.63) is 0 Å². The molecule has 2 spiro atoms. The zero-order chi connectivity index (χ0) is 23.8. The molecule has 0 atom stereocenters. The second-order valence-electron chi connectivity index (χ2n) is 8.60. The average Bonchev–Trinajstić information content (AvgIpc) is 2.77. The van der Waals surface area contributed by atoms with Gasteiger partial charge in [-0.15, -0.1) is 0 Å². The van der Waals surface area contributed by atoms with Crippen molar-refractivity contribution in [1.82, 2.24) is 14.7 Å². The maximum absolute atomic E-state index is 5.23. The fraction of sp³-hybridized carbons (Fsp3) is 1.00. The lowest BCUT2D eigenvalue weighted by atomic mass is 9.77. The molecule has 188 valence electrons. The van der Waals surface area contributed by atoms with Gasteiger partial charge in [-0.05, 0) is 53.5 Å². The van der Waals surface area contributed by atoms with Gasteiger partial charge in [-0.1, -0.05) is 41.5 Å². The number of morpholine rings is 1. The number of piperidine rings is 1. The molecule has 0 N–H and O–H groups in total. The molecular formula is C25H55N3O3. The first kappa shape index (κ1) is 30.8. The van der Waals surface area contributed by atoms with Gasteiger partial charge in [0.15, 0.2) is 0 Å². The molecule has 0 radical (unpaired) electrons.